The molecule has 0 unspecified atom stereocenters. The van der Waals surface area contributed by atoms with E-state index in [1.807, 2.05) is 0 Å². The molecule has 6 rings (SSSR count). The van der Waals surface area contributed by atoms with E-state index < -0.39 is 0 Å². The van der Waals surface area contributed by atoms with Gasteiger partial charge in [-0.3, -0.25) is 4.79 Å². The zero-order valence-electron chi connectivity index (χ0n) is 18.1. The van der Waals surface area contributed by atoms with E-state index in [-0.39, 0.29) is 11.0 Å². The highest BCUT2D eigenvalue weighted by molar-refractivity contribution is 5.86. The lowest BCUT2D eigenvalue weighted by atomic mass is 9.48. The molecule has 6 aliphatic carbocycles. The summed E-state index contributed by atoms with van der Waals surface area (Å²) >= 11 is 0. The second kappa shape index (κ2) is 5.83. The number of hydrogen-bond acceptors (Lipinski definition) is 2. The van der Waals surface area contributed by atoms with Gasteiger partial charge in [0.25, 0.3) is 0 Å². The van der Waals surface area contributed by atoms with Crippen LogP contribution in [0, 0.1) is 39.9 Å². The molecule has 0 aromatic heterocycles. The Labute approximate surface area is 166 Å². The van der Waals surface area contributed by atoms with Gasteiger partial charge in [-0.15, -0.1) is 0 Å². The van der Waals surface area contributed by atoms with Crippen molar-refractivity contribution in [2.24, 2.45) is 39.9 Å². The molecule has 2 nitrogen and oxygen atoms in total. The molecule has 0 N–H and O–H groups in total. The van der Waals surface area contributed by atoms with E-state index in [0.29, 0.717) is 23.2 Å². The molecule has 0 heterocycles. The number of hydrogen-bond donors (Lipinski definition) is 0. The van der Waals surface area contributed by atoms with Gasteiger partial charge in [0, 0.05) is 5.41 Å². The Hall–Kier alpha value is -0.370. The summed E-state index contributed by atoms with van der Waals surface area (Å²) in [6, 6.07) is 0. The third-order valence-corrected chi connectivity index (χ3v) is 10.6. The van der Waals surface area contributed by atoms with Crippen LogP contribution in [0.4, 0.5) is 0 Å². The highest BCUT2D eigenvalue weighted by Crippen LogP contribution is 2.64. The molecular formula is C25H40O2. The molecule has 3 atom stereocenters. The molecule has 2 heteroatoms. The van der Waals surface area contributed by atoms with E-state index in [2.05, 4.69) is 27.7 Å². The molecule has 152 valence electrons. The molecule has 0 aromatic rings. The highest BCUT2D eigenvalue weighted by Gasteiger charge is 2.57. The fraction of sp³-hybridized carbons (Fsp3) is 0.960. The maximum absolute atomic E-state index is 13.4. The van der Waals surface area contributed by atoms with E-state index in [9.17, 15) is 4.79 Å². The second-order valence-corrected chi connectivity index (χ2v) is 12.6. The van der Waals surface area contributed by atoms with E-state index in [4.69, 9.17) is 4.74 Å². The van der Waals surface area contributed by atoms with Crippen LogP contribution in [-0.4, -0.2) is 18.0 Å². The first-order chi connectivity index (χ1) is 12.6. The van der Waals surface area contributed by atoms with Gasteiger partial charge < -0.3 is 4.74 Å². The number of fused-ring (bicyclic) bond motifs is 2. The standard InChI is InChI=1S/C25H40O2/c1-22(2)20-5-7-23(22,3)16-24(4,8-6-20)27-15-21(26)25-12-17-9-18(13-25)11-19(10-17)14-25/h17-20H,5-16H2,1-4H3/t17?,18?,19?,20-,23-,24+,25?/m0/s1. The number of rotatable bonds is 4. The van der Waals surface area contributed by atoms with Gasteiger partial charge in [-0.2, -0.15) is 0 Å². The Kier molecular flexibility index (Phi) is 4.03. The number of carbonyl (C=O) groups excluding carboxylic acids is 1. The molecule has 6 fully saturated rings. The van der Waals surface area contributed by atoms with Gasteiger partial charge in [0.2, 0.25) is 0 Å². The van der Waals surface area contributed by atoms with Crippen molar-refractivity contribution < 1.29 is 9.53 Å². The highest BCUT2D eigenvalue weighted by atomic mass is 16.5. The van der Waals surface area contributed by atoms with E-state index in [0.717, 1.165) is 36.5 Å². The van der Waals surface area contributed by atoms with Gasteiger partial charge in [-0.05, 0) is 112 Å². The summed E-state index contributed by atoms with van der Waals surface area (Å²) in [7, 11) is 0. The topological polar surface area (TPSA) is 26.3 Å². The van der Waals surface area contributed by atoms with Crippen LogP contribution in [0.5, 0.6) is 0 Å². The Morgan fingerprint density at radius 2 is 1.44 bits per heavy atom. The minimum absolute atomic E-state index is 0.00197. The number of carbonyl (C=O) groups is 1. The Morgan fingerprint density at radius 3 is 2.04 bits per heavy atom. The van der Waals surface area contributed by atoms with Gasteiger partial charge in [-0.1, -0.05) is 20.8 Å². The summed E-state index contributed by atoms with van der Waals surface area (Å²) in [5.41, 5.74) is 0.641. The first kappa shape index (κ1) is 18.6. The van der Waals surface area contributed by atoms with Crippen molar-refractivity contribution in [2.75, 3.05) is 6.61 Å². The summed E-state index contributed by atoms with van der Waals surface area (Å²) in [5.74, 6) is 3.80. The van der Waals surface area contributed by atoms with Gasteiger partial charge in [0.15, 0.2) is 5.78 Å². The van der Waals surface area contributed by atoms with Gasteiger partial charge in [0.1, 0.15) is 6.61 Å². The lowest BCUT2D eigenvalue weighted by Gasteiger charge is -2.56. The quantitative estimate of drug-likeness (QED) is 0.589. The summed E-state index contributed by atoms with van der Waals surface area (Å²) < 4.78 is 6.56. The molecule has 6 saturated carbocycles. The van der Waals surface area contributed by atoms with Crippen molar-refractivity contribution in [2.45, 2.75) is 104 Å². The second-order valence-electron chi connectivity index (χ2n) is 12.6. The van der Waals surface area contributed by atoms with Crippen molar-refractivity contribution >= 4 is 5.78 Å². The SMILES string of the molecule is CC1(C)[C@@H]2CC[C@@](C)(OCC(=O)C34CC5CC(CC(C5)C3)C4)C[C@]1(C)CC2. The minimum atomic E-state index is -0.112. The first-order valence-electron chi connectivity index (χ1n) is 11.8. The average molecular weight is 373 g/mol. The fourth-order valence-corrected chi connectivity index (χ4v) is 8.85. The van der Waals surface area contributed by atoms with Crippen molar-refractivity contribution in [3.8, 4) is 0 Å². The van der Waals surface area contributed by atoms with Crippen molar-refractivity contribution in [3.05, 3.63) is 0 Å². The lowest BCUT2D eigenvalue weighted by molar-refractivity contribution is -0.157. The molecule has 0 radical (unpaired) electrons. The fourth-order valence-electron chi connectivity index (χ4n) is 8.85. The molecule has 6 bridgehead atoms. The molecular weight excluding hydrogens is 332 g/mol. The third kappa shape index (κ3) is 2.79. The number of ether oxygens (including phenoxy) is 1. The van der Waals surface area contributed by atoms with Crippen LogP contribution in [0.25, 0.3) is 0 Å². The largest absolute Gasteiger partial charge is 0.367 e. The lowest BCUT2D eigenvalue weighted by Crippen LogP contribution is -2.51. The Bertz CT molecular complexity index is 599. The monoisotopic (exact) mass is 372 g/mol. The zero-order valence-corrected chi connectivity index (χ0v) is 18.1. The van der Waals surface area contributed by atoms with Crippen LogP contribution in [-0.2, 0) is 9.53 Å². The molecule has 6 aliphatic rings. The molecule has 0 spiro atoms. The number of ketones is 1. The maximum Gasteiger partial charge on any atom is 0.164 e. The van der Waals surface area contributed by atoms with Crippen molar-refractivity contribution in [3.63, 3.8) is 0 Å². The summed E-state index contributed by atoms with van der Waals surface area (Å²) in [5, 5.41) is 0. The average Bonchev–Trinajstić information content (AvgIpc) is 2.74. The predicted octanol–water partition coefficient (Wildman–Crippen LogP) is 6.17. The molecule has 0 aliphatic heterocycles. The van der Waals surface area contributed by atoms with Crippen LogP contribution in [0.15, 0.2) is 0 Å². The minimum Gasteiger partial charge on any atom is -0.367 e. The van der Waals surface area contributed by atoms with Crippen molar-refractivity contribution in [1.82, 2.24) is 0 Å². The molecule has 0 amide bonds. The van der Waals surface area contributed by atoms with Crippen LogP contribution < -0.4 is 0 Å². The first-order valence-corrected chi connectivity index (χ1v) is 11.8. The van der Waals surface area contributed by atoms with E-state index in [1.54, 1.807) is 0 Å². The smallest absolute Gasteiger partial charge is 0.164 e. The van der Waals surface area contributed by atoms with Gasteiger partial charge in [0.05, 0.1) is 5.60 Å². The zero-order chi connectivity index (χ0) is 19.1. The van der Waals surface area contributed by atoms with Crippen LogP contribution in [0.1, 0.15) is 98.3 Å². The van der Waals surface area contributed by atoms with Gasteiger partial charge >= 0.3 is 0 Å². The predicted molar refractivity (Wildman–Crippen MR) is 108 cm³/mol. The van der Waals surface area contributed by atoms with E-state index >= 15 is 0 Å². The van der Waals surface area contributed by atoms with Crippen LogP contribution in [0.2, 0.25) is 0 Å². The van der Waals surface area contributed by atoms with Crippen LogP contribution >= 0.6 is 0 Å². The maximum atomic E-state index is 13.4. The molecule has 0 aromatic carbocycles. The van der Waals surface area contributed by atoms with Crippen molar-refractivity contribution in [1.29, 1.82) is 0 Å². The third-order valence-electron chi connectivity index (χ3n) is 10.6. The summed E-state index contributed by atoms with van der Waals surface area (Å²) in [4.78, 5) is 13.4. The summed E-state index contributed by atoms with van der Waals surface area (Å²) in [6.45, 7) is 10.1. The van der Waals surface area contributed by atoms with Gasteiger partial charge in [-0.25, -0.2) is 0 Å². The number of Topliss-reactive ketones (excluding diaryl/α,β-unsaturated/α-hetero) is 1. The van der Waals surface area contributed by atoms with Crippen LogP contribution in [0.3, 0.4) is 0 Å². The molecule has 0 saturated heterocycles. The Balaban J connectivity index is 1.28. The Morgan fingerprint density at radius 1 is 0.889 bits per heavy atom. The summed E-state index contributed by atoms with van der Waals surface area (Å²) in [6.07, 6.45) is 13.9. The molecule has 27 heavy (non-hydrogen) atoms. The normalized spacial score (nSPS) is 52.7. The van der Waals surface area contributed by atoms with E-state index in [1.165, 1.54) is 57.8 Å².